The minimum atomic E-state index is -0.985. The second-order valence-corrected chi connectivity index (χ2v) is 5.88. The molecule has 4 nitrogen and oxygen atoms in total. The van der Waals surface area contributed by atoms with Crippen LogP contribution in [0.1, 0.15) is 22.3 Å². The van der Waals surface area contributed by atoms with E-state index in [1.807, 2.05) is 11.8 Å². The Morgan fingerprint density at radius 3 is 2.70 bits per heavy atom. The van der Waals surface area contributed by atoms with Crippen molar-refractivity contribution < 1.29 is 14.7 Å². The summed E-state index contributed by atoms with van der Waals surface area (Å²) in [5.41, 5.74) is 1.36. The van der Waals surface area contributed by atoms with E-state index in [2.05, 4.69) is 5.32 Å². The van der Waals surface area contributed by atoms with E-state index in [1.54, 1.807) is 24.3 Å². The smallest absolute Gasteiger partial charge is 0.328 e. The number of hydrogen-bond acceptors (Lipinski definition) is 3. The third-order valence-electron chi connectivity index (χ3n) is 3.17. The largest absolute Gasteiger partial charge is 0.478 e. The minimum absolute atomic E-state index is 0.0735. The van der Waals surface area contributed by atoms with Crippen molar-refractivity contribution in [2.75, 3.05) is 18.1 Å². The van der Waals surface area contributed by atoms with E-state index in [9.17, 15) is 9.59 Å². The van der Waals surface area contributed by atoms with Crippen LogP contribution in [0.3, 0.4) is 0 Å². The number of carboxylic acids is 1. The number of aliphatic carboxylic acids is 1. The predicted molar refractivity (Wildman–Crippen MR) is 80.9 cm³/mol. The van der Waals surface area contributed by atoms with Gasteiger partial charge in [0.15, 0.2) is 0 Å². The standard InChI is InChI=1S/C15H17NO3S/c17-14(18)6-3-11-1-4-13(5-2-11)15(19)16-9-12-7-8-20-10-12/h1-6,12H,7-10H2,(H,16,19)(H,17,18)/b6-3+. The van der Waals surface area contributed by atoms with Gasteiger partial charge in [-0.1, -0.05) is 12.1 Å². The van der Waals surface area contributed by atoms with Crippen molar-refractivity contribution in [1.82, 2.24) is 5.32 Å². The lowest BCUT2D eigenvalue weighted by Crippen LogP contribution is -2.29. The van der Waals surface area contributed by atoms with Crippen LogP contribution in [0.15, 0.2) is 30.3 Å². The Labute approximate surface area is 122 Å². The van der Waals surface area contributed by atoms with E-state index in [-0.39, 0.29) is 5.91 Å². The third kappa shape index (κ3) is 4.42. The molecule has 1 fully saturated rings. The summed E-state index contributed by atoms with van der Waals surface area (Å²) in [4.78, 5) is 22.4. The zero-order valence-electron chi connectivity index (χ0n) is 11.0. The molecule has 0 saturated carbocycles. The van der Waals surface area contributed by atoms with E-state index in [1.165, 1.54) is 18.2 Å². The number of carbonyl (C=O) groups is 2. The van der Waals surface area contributed by atoms with Crippen molar-refractivity contribution in [3.05, 3.63) is 41.5 Å². The van der Waals surface area contributed by atoms with E-state index >= 15 is 0 Å². The van der Waals surface area contributed by atoms with E-state index in [4.69, 9.17) is 5.11 Å². The molecule has 1 amide bonds. The molecule has 0 bridgehead atoms. The van der Waals surface area contributed by atoms with Gasteiger partial charge >= 0.3 is 5.97 Å². The summed E-state index contributed by atoms with van der Waals surface area (Å²) in [6, 6.07) is 6.89. The van der Waals surface area contributed by atoms with Crippen LogP contribution < -0.4 is 5.32 Å². The second kappa shape index (κ2) is 7.14. The number of hydrogen-bond donors (Lipinski definition) is 2. The molecule has 0 aromatic heterocycles. The van der Waals surface area contributed by atoms with Gasteiger partial charge in [-0.25, -0.2) is 4.79 Å². The molecule has 1 heterocycles. The molecule has 1 aliphatic heterocycles. The molecule has 1 aromatic carbocycles. The maximum Gasteiger partial charge on any atom is 0.328 e. The normalized spacial score (nSPS) is 18.3. The fraction of sp³-hybridized carbons (Fsp3) is 0.333. The van der Waals surface area contributed by atoms with Crippen molar-refractivity contribution >= 4 is 29.7 Å². The number of amides is 1. The molecular weight excluding hydrogens is 274 g/mol. The maximum absolute atomic E-state index is 11.9. The number of nitrogens with one attached hydrogen (secondary N) is 1. The summed E-state index contributed by atoms with van der Waals surface area (Å²) >= 11 is 1.93. The van der Waals surface area contributed by atoms with Gasteiger partial charge < -0.3 is 10.4 Å². The summed E-state index contributed by atoms with van der Waals surface area (Å²) < 4.78 is 0. The molecule has 1 aliphatic rings. The molecule has 1 atom stereocenters. The topological polar surface area (TPSA) is 66.4 Å². The summed E-state index contributed by atoms with van der Waals surface area (Å²) in [7, 11) is 0. The summed E-state index contributed by atoms with van der Waals surface area (Å²) in [6.07, 6.45) is 3.75. The zero-order chi connectivity index (χ0) is 14.4. The Kier molecular flexibility index (Phi) is 5.24. The van der Waals surface area contributed by atoms with E-state index < -0.39 is 5.97 Å². The maximum atomic E-state index is 11.9. The zero-order valence-corrected chi connectivity index (χ0v) is 11.9. The van der Waals surface area contributed by atoms with Gasteiger partial charge in [0.1, 0.15) is 0 Å². The highest BCUT2D eigenvalue weighted by Crippen LogP contribution is 2.22. The molecule has 0 spiro atoms. The molecule has 20 heavy (non-hydrogen) atoms. The van der Waals surface area contributed by atoms with Crippen LogP contribution in [0.4, 0.5) is 0 Å². The molecule has 1 unspecified atom stereocenters. The van der Waals surface area contributed by atoms with E-state index in [0.29, 0.717) is 11.5 Å². The van der Waals surface area contributed by atoms with Gasteiger partial charge in [0.2, 0.25) is 0 Å². The van der Waals surface area contributed by atoms with Crippen LogP contribution in [0.2, 0.25) is 0 Å². The number of rotatable bonds is 5. The van der Waals surface area contributed by atoms with Crippen LogP contribution >= 0.6 is 11.8 Å². The first-order chi connectivity index (χ1) is 9.65. The van der Waals surface area contributed by atoms with Gasteiger partial charge in [-0.05, 0) is 47.6 Å². The molecule has 2 N–H and O–H groups in total. The molecule has 0 radical (unpaired) electrons. The number of thioether (sulfide) groups is 1. The number of carboxylic acid groups (broad SMARTS) is 1. The molecule has 106 valence electrons. The fourth-order valence-electron chi connectivity index (χ4n) is 2.00. The first-order valence-corrected chi connectivity index (χ1v) is 7.67. The van der Waals surface area contributed by atoms with Crippen LogP contribution in [0.5, 0.6) is 0 Å². The third-order valence-corrected chi connectivity index (χ3v) is 4.40. The van der Waals surface area contributed by atoms with Crippen molar-refractivity contribution in [3.8, 4) is 0 Å². The lowest BCUT2D eigenvalue weighted by atomic mass is 10.1. The fourth-order valence-corrected chi connectivity index (χ4v) is 3.28. The lowest BCUT2D eigenvalue weighted by Gasteiger charge is -2.10. The Morgan fingerprint density at radius 2 is 2.10 bits per heavy atom. The van der Waals surface area contributed by atoms with Crippen LogP contribution in [0, 0.1) is 5.92 Å². The highest BCUT2D eigenvalue weighted by Gasteiger charge is 2.16. The first kappa shape index (κ1) is 14.7. The summed E-state index contributed by atoms with van der Waals surface area (Å²) in [5.74, 6) is 1.84. The molecule has 0 aliphatic carbocycles. The van der Waals surface area contributed by atoms with Gasteiger partial charge in [0.05, 0.1) is 0 Å². The molecule has 1 saturated heterocycles. The lowest BCUT2D eigenvalue weighted by molar-refractivity contribution is -0.131. The molecule has 5 heteroatoms. The quantitative estimate of drug-likeness (QED) is 0.817. The van der Waals surface area contributed by atoms with Crippen molar-refractivity contribution in [1.29, 1.82) is 0 Å². The molecule has 1 aromatic rings. The molecule has 2 rings (SSSR count). The van der Waals surface area contributed by atoms with Crippen LogP contribution in [0.25, 0.3) is 6.08 Å². The molecular formula is C15H17NO3S. The van der Waals surface area contributed by atoms with Gasteiger partial charge in [-0.2, -0.15) is 11.8 Å². The Hall–Kier alpha value is -1.75. The van der Waals surface area contributed by atoms with Crippen molar-refractivity contribution in [2.24, 2.45) is 5.92 Å². The predicted octanol–water partition coefficient (Wildman–Crippen LogP) is 2.27. The summed E-state index contributed by atoms with van der Waals surface area (Å²) in [5, 5.41) is 11.5. The van der Waals surface area contributed by atoms with Crippen molar-refractivity contribution in [2.45, 2.75) is 6.42 Å². The Balaban J connectivity index is 1.88. The Morgan fingerprint density at radius 1 is 1.35 bits per heavy atom. The van der Waals surface area contributed by atoms with Crippen LogP contribution in [-0.4, -0.2) is 35.0 Å². The average molecular weight is 291 g/mol. The Bertz CT molecular complexity index is 504. The average Bonchev–Trinajstić information content (AvgIpc) is 2.96. The summed E-state index contributed by atoms with van der Waals surface area (Å²) in [6.45, 7) is 0.729. The number of benzene rings is 1. The van der Waals surface area contributed by atoms with Gasteiger partial charge in [0.25, 0.3) is 5.91 Å². The number of carbonyl (C=O) groups excluding carboxylic acids is 1. The highest BCUT2D eigenvalue weighted by molar-refractivity contribution is 7.99. The SMILES string of the molecule is O=C(O)/C=C/c1ccc(C(=O)NCC2CCSC2)cc1. The van der Waals surface area contributed by atoms with Crippen molar-refractivity contribution in [3.63, 3.8) is 0 Å². The van der Waals surface area contributed by atoms with Gasteiger partial charge in [-0.15, -0.1) is 0 Å². The first-order valence-electron chi connectivity index (χ1n) is 6.52. The van der Waals surface area contributed by atoms with Gasteiger partial charge in [-0.3, -0.25) is 4.79 Å². The second-order valence-electron chi connectivity index (χ2n) is 4.73. The van der Waals surface area contributed by atoms with Crippen LogP contribution in [-0.2, 0) is 4.79 Å². The van der Waals surface area contributed by atoms with Gasteiger partial charge in [0, 0.05) is 18.2 Å². The minimum Gasteiger partial charge on any atom is -0.478 e. The van der Waals surface area contributed by atoms with E-state index in [0.717, 1.165) is 23.9 Å². The highest BCUT2D eigenvalue weighted by atomic mass is 32.2. The monoisotopic (exact) mass is 291 g/mol.